The Balaban J connectivity index is 1.30. The summed E-state index contributed by atoms with van der Waals surface area (Å²) in [5, 5.41) is 4.12. The molecule has 1 fully saturated rings. The zero-order chi connectivity index (χ0) is 17.8. The lowest BCUT2D eigenvalue weighted by atomic mass is 10.1. The van der Waals surface area contributed by atoms with Crippen molar-refractivity contribution in [1.82, 2.24) is 15.0 Å². The van der Waals surface area contributed by atoms with Crippen LogP contribution in [0.1, 0.15) is 11.1 Å². The molecule has 0 N–H and O–H groups in total. The van der Waals surface area contributed by atoms with Gasteiger partial charge in [0, 0.05) is 38.3 Å². The molecule has 0 aliphatic carbocycles. The van der Waals surface area contributed by atoms with Crippen molar-refractivity contribution in [2.45, 2.75) is 13.3 Å². The summed E-state index contributed by atoms with van der Waals surface area (Å²) in [6.45, 7) is 7.11. The third-order valence-electron chi connectivity index (χ3n) is 4.93. The highest BCUT2D eigenvalue weighted by molar-refractivity contribution is 5.55. The molecule has 1 saturated heterocycles. The van der Waals surface area contributed by atoms with Crippen molar-refractivity contribution in [2.24, 2.45) is 0 Å². The standard InChI is InChI=1S/C21H24N4O/c1-17-7-9-18(10-8-17)11-12-24-13-15-25(16-14-24)21-22-20(23-26-21)19-5-3-2-4-6-19/h2-10H,11-16H2,1H3. The normalized spacial score (nSPS) is 15.3. The van der Waals surface area contributed by atoms with Crippen molar-refractivity contribution in [2.75, 3.05) is 37.6 Å². The summed E-state index contributed by atoms with van der Waals surface area (Å²) in [4.78, 5) is 9.25. The van der Waals surface area contributed by atoms with E-state index in [1.807, 2.05) is 30.3 Å². The molecule has 26 heavy (non-hydrogen) atoms. The average molecular weight is 348 g/mol. The van der Waals surface area contributed by atoms with E-state index < -0.39 is 0 Å². The number of aryl methyl sites for hydroxylation is 1. The predicted octanol–water partition coefficient (Wildman–Crippen LogP) is 3.41. The minimum absolute atomic E-state index is 0.627. The van der Waals surface area contributed by atoms with Crippen LogP contribution in [0.15, 0.2) is 59.1 Å². The molecule has 134 valence electrons. The quantitative estimate of drug-likeness (QED) is 0.707. The number of aromatic nitrogens is 2. The van der Waals surface area contributed by atoms with Crippen LogP contribution < -0.4 is 4.90 Å². The van der Waals surface area contributed by atoms with Crippen LogP contribution in [0, 0.1) is 6.92 Å². The van der Waals surface area contributed by atoms with Gasteiger partial charge in [-0.15, -0.1) is 0 Å². The molecular formula is C21H24N4O. The minimum atomic E-state index is 0.627. The lowest BCUT2D eigenvalue weighted by Gasteiger charge is -2.33. The average Bonchev–Trinajstić information content (AvgIpc) is 3.19. The summed E-state index contributed by atoms with van der Waals surface area (Å²) < 4.78 is 5.48. The first-order valence-corrected chi connectivity index (χ1v) is 9.20. The molecule has 0 saturated carbocycles. The SMILES string of the molecule is Cc1ccc(CCN2CCN(c3nc(-c4ccccc4)no3)CC2)cc1. The molecule has 0 unspecified atom stereocenters. The monoisotopic (exact) mass is 348 g/mol. The van der Waals surface area contributed by atoms with E-state index in [9.17, 15) is 0 Å². The summed E-state index contributed by atoms with van der Waals surface area (Å²) in [6.07, 6.45) is 1.10. The van der Waals surface area contributed by atoms with Gasteiger partial charge in [0.15, 0.2) is 0 Å². The molecule has 0 amide bonds. The summed E-state index contributed by atoms with van der Waals surface area (Å²) in [5.41, 5.74) is 3.71. The van der Waals surface area contributed by atoms with Gasteiger partial charge < -0.3 is 9.42 Å². The lowest BCUT2D eigenvalue weighted by Crippen LogP contribution is -2.47. The summed E-state index contributed by atoms with van der Waals surface area (Å²) in [7, 11) is 0. The number of hydrogen-bond acceptors (Lipinski definition) is 5. The molecule has 0 spiro atoms. The molecular weight excluding hydrogens is 324 g/mol. The molecule has 1 aromatic heterocycles. The second-order valence-electron chi connectivity index (χ2n) is 6.83. The zero-order valence-corrected chi connectivity index (χ0v) is 15.1. The fourth-order valence-corrected chi connectivity index (χ4v) is 3.25. The Morgan fingerprint density at radius 1 is 0.923 bits per heavy atom. The highest BCUT2D eigenvalue weighted by Gasteiger charge is 2.21. The van der Waals surface area contributed by atoms with Gasteiger partial charge in [-0.2, -0.15) is 4.98 Å². The van der Waals surface area contributed by atoms with E-state index in [2.05, 4.69) is 51.1 Å². The number of benzene rings is 2. The van der Waals surface area contributed by atoms with Crippen LogP contribution in [0.25, 0.3) is 11.4 Å². The van der Waals surface area contributed by atoms with Gasteiger partial charge >= 0.3 is 6.01 Å². The van der Waals surface area contributed by atoms with Crippen LogP contribution in [0.3, 0.4) is 0 Å². The third kappa shape index (κ3) is 3.94. The number of hydrogen-bond donors (Lipinski definition) is 0. The van der Waals surface area contributed by atoms with E-state index in [1.165, 1.54) is 11.1 Å². The Labute approximate surface area is 154 Å². The topological polar surface area (TPSA) is 45.4 Å². The van der Waals surface area contributed by atoms with E-state index in [0.717, 1.165) is 44.7 Å². The Bertz CT molecular complexity index is 821. The number of anilines is 1. The molecule has 5 nitrogen and oxygen atoms in total. The van der Waals surface area contributed by atoms with Crippen molar-refractivity contribution in [3.8, 4) is 11.4 Å². The fourth-order valence-electron chi connectivity index (χ4n) is 3.25. The Hall–Kier alpha value is -2.66. The second-order valence-corrected chi connectivity index (χ2v) is 6.83. The third-order valence-corrected chi connectivity index (χ3v) is 4.93. The Morgan fingerprint density at radius 2 is 1.65 bits per heavy atom. The first kappa shape index (κ1) is 16.8. The molecule has 0 atom stereocenters. The summed E-state index contributed by atoms with van der Waals surface area (Å²) in [5.74, 6) is 0.655. The van der Waals surface area contributed by atoms with Gasteiger partial charge in [-0.05, 0) is 18.9 Å². The molecule has 1 aliphatic rings. The van der Waals surface area contributed by atoms with Crippen molar-refractivity contribution in [3.05, 3.63) is 65.7 Å². The van der Waals surface area contributed by atoms with Crippen LogP contribution in [0.2, 0.25) is 0 Å². The van der Waals surface area contributed by atoms with E-state index >= 15 is 0 Å². The highest BCUT2D eigenvalue weighted by Crippen LogP contribution is 2.20. The maximum Gasteiger partial charge on any atom is 0.324 e. The van der Waals surface area contributed by atoms with Crippen LogP contribution >= 0.6 is 0 Å². The molecule has 0 radical (unpaired) electrons. The van der Waals surface area contributed by atoms with Crippen LogP contribution in [0.5, 0.6) is 0 Å². The van der Waals surface area contributed by atoms with Crippen molar-refractivity contribution in [3.63, 3.8) is 0 Å². The van der Waals surface area contributed by atoms with Gasteiger partial charge in [-0.3, -0.25) is 4.90 Å². The van der Waals surface area contributed by atoms with Gasteiger partial charge in [0.1, 0.15) is 0 Å². The maximum atomic E-state index is 5.48. The molecule has 2 aromatic carbocycles. The van der Waals surface area contributed by atoms with Crippen LogP contribution in [-0.2, 0) is 6.42 Å². The van der Waals surface area contributed by atoms with E-state index in [-0.39, 0.29) is 0 Å². The van der Waals surface area contributed by atoms with Crippen LogP contribution in [-0.4, -0.2) is 47.8 Å². The second kappa shape index (κ2) is 7.70. The van der Waals surface area contributed by atoms with Crippen molar-refractivity contribution >= 4 is 6.01 Å². The van der Waals surface area contributed by atoms with E-state index in [4.69, 9.17) is 4.52 Å². The van der Waals surface area contributed by atoms with Gasteiger partial charge in [0.2, 0.25) is 5.82 Å². The largest absolute Gasteiger partial charge is 0.324 e. The summed E-state index contributed by atoms with van der Waals surface area (Å²) >= 11 is 0. The van der Waals surface area contributed by atoms with Crippen molar-refractivity contribution < 1.29 is 4.52 Å². The molecule has 4 rings (SSSR count). The van der Waals surface area contributed by atoms with Gasteiger partial charge in [-0.1, -0.05) is 65.3 Å². The first-order chi connectivity index (χ1) is 12.8. The molecule has 2 heterocycles. The van der Waals surface area contributed by atoms with Crippen LogP contribution in [0.4, 0.5) is 6.01 Å². The zero-order valence-electron chi connectivity index (χ0n) is 15.1. The molecule has 0 bridgehead atoms. The van der Waals surface area contributed by atoms with E-state index in [0.29, 0.717) is 11.8 Å². The van der Waals surface area contributed by atoms with Gasteiger partial charge in [-0.25, -0.2) is 0 Å². The number of piperazine rings is 1. The smallest absolute Gasteiger partial charge is 0.322 e. The fraction of sp³-hybridized carbons (Fsp3) is 0.333. The van der Waals surface area contributed by atoms with Gasteiger partial charge in [0.25, 0.3) is 0 Å². The Kier molecular flexibility index (Phi) is 4.97. The first-order valence-electron chi connectivity index (χ1n) is 9.20. The molecule has 5 heteroatoms. The van der Waals surface area contributed by atoms with Crippen molar-refractivity contribution in [1.29, 1.82) is 0 Å². The molecule has 3 aromatic rings. The van der Waals surface area contributed by atoms with E-state index in [1.54, 1.807) is 0 Å². The molecule has 1 aliphatic heterocycles. The summed E-state index contributed by atoms with van der Waals surface area (Å²) in [6, 6.07) is 19.4. The predicted molar refractivity (Wildman–Crippen MR) is 103 cm³/mol. The Morgan fingerprint density at radius 3 is 2.38 bits per heavy atom. The van der Waals surface area contributed by atoms with Gasteiger partial charge in [0.05, 0.1) is 0 Å². The lowest BCUT2D eigenvalue weighted by molar-refractivity contribution is 0.253. The maximum absolute atomic E-state index is 5.48. The minimum Gasteiger partial charge on any atom is -0.322 e. The highest BCUT2D eigenvalue weighted by atomic mass is 16.5. The number of nitrogens with zero attached hydrogens (tertiary/aromatic N) is 4. The number of rotatable bonds is 5.